The van der Waals surface area contributed by atoms with Crippen molar-refractivity contribution in [3.63, 3.8) is 0 Å². The number of ether oxygens (including phenoxy) is 1. The molecule has 2 saturated heterocycles. The summed E-state index contributed by atoms with van der Waals surface area (Å²) in [6, 6.07) is 8.97. The van der Waals surface area contributed by atoms with Gasteiger partial charge in [-0.2, -0.15) is 0 Å². The van der Waals surface area contributed by atoms with Crippen molar-refractivity contribution < 1.29 is 43.0 Å². The molecule has 2 aromatic carbocycles. The van der Waals surface area contributed by atoms with Crippen LogP contribution in [0.5, 0.6) is 5.75 Å². The zero-order valence-electron chi connectivity index (χ0n) is 37.9. The molecule has 0 saturated carbocycles. The van der Waals surface area contributed by atoms with E-state index in [4.69, 9.17) is 9.15 Å². The summed E-state index contributed by atoms with van der Waals surface area (Å²) in [4.78, 5) is 93.5. The van der Waals surface area contributed by atoms with Gasteiger partial charge in [0.25, 0.3) is 0 Å². The smallest absolute Gasteiger partial charge is 0.329 e. The van der Waals surface area contributed by atoms with E-state index in [1.807, 2.05) is 59.7 Å². The van der Waals surface area contributed by atoms with Crippen LogP contribution in [0, 0.1) is 17.8 Å². The van der Waals surface area contributed by atoms with E-state index in [0.29, 0.717) is 29.9 Å². The number of hydrogen-bond donors (Lipinski definition) is 3. The molecular formula is C47H66N6O9. The van der Waals surface area contributed by atoms with Gasteiger partial charge in [-0.05, 0) is 80.5 Å². The number of cyclic esters (lactones) is 1. The maximum atomic E-state index is 14.8. The molecule has 62 heavy (non-hydrogen) atoms. The Morgan fingerprint density at radius 2 is 1.34 bits per heavy atom. The van der Waals surface area contributed by atoms with Gasteiger partial charge in [-0.3, -0.25) is 24.0 Å². The quantitative estimate of drug-likeness (QED) is 0.238. The Morgan fingerprint density at radius 1 is 0.758 bits per heavy atom. The predicted molar refractivity (Wildman–Crippen MR) is 236 cm³/mol. The summed E-state index contributed by atoms with van der Waals surface area (Å²) >= 11 is 0. The number of likely N-dealkylation sites (N-methyl/N-ethyl adjacent to an activating group) is 3. The van der Waals surface area contributed by atoms with Crippen molar-refractivity contribution in [3.05, 3.63) is 60.2 Å². The van der Waals surface area contributed by atoms with Gasteiger partial charge < -0.3 is 44.5 Å². The molecule has 0 bridgehead atoms. The number of carbonyl (C=O) groups is 6. The van der Waals surface area contributed by atoms with Crippen LogP contribution in [0.4, 0.5) is 5.88 Å². The molecule has 1 unspecified atom stereocenters. The number of nitrogens with zero attached hydrogens (tertiary/aromatic N) is 4. The first-order valence-corrected chi connectivity index (χ1v) is 21.9. The lowest BCUT2D eigenvalue weighted by Crippen LogP contribution is -2.60. The monoisotopic (exact) mass is 858 g/mol. The molecule has 3 heterocycles. The molecule has 5 rings (SSSR count). The molecule has 0 aliphatic carbocycles. The number of rotatable bonds is 10. The third-order valence-electron chi connectivity index (χ3n) is 11.9. The molecule has 1 aromatic heterocycles. The van der Waals surface area contributed by atoms with Crippen LogP contribution in [0.2, 0.25) is 0 Å². The van der Waals surface area contributed by atoms with Crippen LogP contribution < -0.4 is 15.5 Å². The minimum Gasteiger partial charge on any atom is -0.508 e. The molecule has 2 fully saturated rings. The molecular weight excluding hydrogens is 793 g/mol. The standard InChI is InChI=1S/C47H66N6O9/c1-27(2)22-34-44(57)51(9)38(24-29(5)6)47(60)61-30(7)41(52(10)40-26-32-14-11-12-16-39(32)62-40)43(56)49-35(23-28(3)4)45(58)53-21-13-15-36(53)46(59)50(8)37(42(55)48-34)25-31-17-19-33(54)20-18-31/h11-12,14,16-20,26-30,34-38,41,54H,13,15,21-25H2,1-10H3,(H,48,55)(H,49,56)/t30-,34+,35+,36-,37+,38?,41+/m1/s1. The first-order chi connectivity index (χ1) is 29.3. The fraction of sp³-hybridized carbons (Fsp3) is 0.574. The normalized spacial score (nSPS) is 25.2. The number of phenols is 1. The minimum absolute atomic E-state index is 0.0355. The van der Waals surface area contributed by atoms with Crippen LogP contribution >= 0.6 is 0 Å². The van der Waals surface area contributed by atoms with Gasteiger partial charge in [0.1, 0.15) is 53.7 Å². The van der Waals surface area contributed by atoms with Gasteiger partial charge in [0, 0.05) is 45.6 Å². The molecule has 2 aliphatic heterocycles. The van der Waals surface area contributed by atoms with E-state index in [1.165, 1.54) is 40.9 Å². The Labute approximate surface area is 365 Å². The van der Waals surface area contributed by atoms with E-state index >= 15 is 0 Å². The number of nitrogens with one attached hydrogen (secondary N) is 2. The highest BCUT2D eigenvalue weighted by molar-refractivity contribution is 5.97. The second kappa shape index (κ2) is 20.5. The second-order valence-electron chi connectivity index (χ2n) is 18.3. The van der Waals surface area contributed by atoms with E-state index in [0.717, 1.165) is 5.39 Å². The van der Waals surface area contributed by atoms with Gasteiger partial charge in [-0.1, -0.05) is 71.9 Å². The van der Waals surface area contributed by atoms with Gasteiger partial charge in [0.05, 0.1) is 0 Å². The number of aromatic hydroxyl groups is 1. The average Bonchev–Trinajstić information content (AvgIpc) is 3.88. The topological polar surface area (TPSA) is 182 Å². The predicted octanol–water partition coefficient (Wildman–Crippen LogP) is 4.88. The van der Waals surface area contributed by atoms with E-state index in [2.05, 4.69) is 10.6 Å². The first kappa shape index (κ1) is 47.4. The number of esters is 1. The molecule has 7 atom stereocenters. The second-order valence-corrected chi connectivity index (χ2v) is 18.3. The Balaban J connectivity index is 1.63. The Kier molecular flexibility index (Phi) is 15.7. The number of anilines is 1. The van der Waals surface area contributed by atoms with E-state index < -0.39 is 77.9 Å². The molecule has 3 aromatic rings. The largest absolute Gasteiger partial charge is 0.508 e. The van der Waals surface area contributed by atoms with Crippen molar-refractivity contribution in [1.82, 2.24) is 25.3 Å². The van der Waals surface area contributed by atoms with E-state index in [9.17, 15) is 33.9 Å². The lowest BCUT2D eigenvalue weighted by Gasteiger charge is -2.36. The maximum absolute atomic E-state index is 14.8. The summed E-state index contributed by atoms with van der Waals surface area (Å²) in [7, 11) is 4.68. The maximum Gasteiger partial charge on any atom is 0.329 e. The van der Waals surface area contributed by atoms with Crippen molar-refractivity contribution >= 4 is 52.4 Å². The van der Waals surface area contributed by atoms with Crippen molar-refractivity contribution in [3.8, 4) is 5.75 Å². The molecule has 338 valence electrons. The van der Waals surface area contributed by atoms with Crippen LogP contribution in [-0.4, -0.2) is 125 Å². The van der Waals surface area contributed by atoms with Gasteiger partial charge in [-0.15, -0.1) is 0 Å². The fourth-order valence-corrected chi connectivity index (χ4v) is 8.61. The number of para-hydroxylation sites is 1. The highest BCUT2D eigenvalue weighted by Crippen LogP contribution is 2.29. The summed E-state index contributed by atoms with van der Waals surface area (Å²) in [6.45, 7) is 13.4. The van der Waals surface area contributed by atoms with Gasteiger partial charge >= 0.3 is 5.97 Å². The van der Waals surface area contributed by atoms with Crippen LogP contribution in [-0.2, 0) is 39.9 Å². The summed E-state index contributed by atoms with van der Waals surface area (Å²) in [5.41, 5.74) is 1.24. The van der Waals surface area contributed by atoms with E-state index in [1.54, 1.807) is 43.1 Å². The van der Waals surface area contributed by atoms with Crippen LogP contribution in [0.25, 0.3) is 11.0 Å². The molecule has 15 nitrogen and oxygen atoms in total. The lowest BCUT2D eigenvalue weighted by molar-refractivity contribution is -0.161. The average molecular weight is 859 g/mol. The van der Waals surface area contributed by atoms with Crippen LogP contribution in [0.3, 0.4) is 0 Å². The summed E-state index contributed by atoms with van der Waals surface area (Å²) in [5.74, 6) is -3.16. The number of amides is 5. The first-order valence-electron chi connectivity index (χ1n) is 21.9. The van der Waals surface area contributed by atoms with Crippen molar-refractivity contribution in [2.45, 2.75) is 129 Å². The minimum atomic E-state index is -1.21. The molecule has 2 aliphatic rings. The summed E-state index contributed by atoms with van der Waals surface area (Å²) in [6.07, 6.45) is 0.468. The van der Waals surface area contributed by atoms with Gasteiger partial charge in [0.2, 0.25) is 29.5 Å². The van der Waals surface area contributed by atoms with Crippen LogP contribution in [0.1, 0.15) is 86.1 Å². The summed E-state index contributed by atoms with van der Waals surface area (Å²) < 4.78 is 12.4. The lowest BCUT2D eigenvalue weighted by atomic mass is 9.98. The number of carbonyl (C=O) groups excluding carboxylic acids is 6. The summed E-state index contributed by atoms with van der Waals surface area (Å²) in [5, 5.41) is 16.7. The number of benzene rings is 2. The van der Waals surface area contributed by atoms with Crippen molar-refractivity contribution in [2.24, 2.45) is 17.8 Å². The zero-order valence-corrected chi connectivity index (χ0v) is 37.9. The van der Waals surface area contributed by atoms with Crippen molar-refractivity contribution in [2.75, 3.05) is 32.6 Å². The number of fused-ring (bicyclic) bond motifs is 2. The van der Waals surface area contributed by atoms with Crippen molar-refractivity contribution in [1.29, 1.82) is 0 Å². The SMILES string of the molecule is CC(C)CC1C(=O)O[C@H](C)[C@H](N(C)c2cc3ccccc3o2)C(=O)N[C@@H](CC(C)C)C(=O)N2CCC[C@@H]2C(=O)N(C)[C@@H](Cc2ccc(O)cc2)C(=O)N[C@@H](CC(C)C)C(=O)N1C. The Morgan fingerprint density at radius 3 is 1.95 bits per heavy atom. The molecule has 5 amide bonds. The third-order valence-corrected chi connectivity index (χ3v) is 11.9. The Hall–Kier alpha value is -5.60. The highest BCUT2D eigenvalue weighted by atomic mass is 16.5. The zero-order chi connectivity index (χ0) is 45.6. The van der Waals surface area contributed by atoms with Gasteiger partial charge in [0.15, 0.2) is 5.88 Å². The molecule has 3 N–H and O–H groups in total. The molecule has 15 heteroatoms. The third kappa shape index (κ3) is 11.3. The number of phenolic OH excluding ortho intramolecular Hbond substituents is 1. The van der Waals surface area contributed by atoms with Gasteiger partial charge in [-0.25, -0.2) is 4.79 Å². The number of furan rings is 1. The number of hydrogen-bond acceptors (Lipinski definition) is 10. The molecule has 0 spiro atoms. The highest BCUT2D eigenvalue weighted by Gasteiger charge is 2.44. The van der Waals surface area contributed by atoms with E-state index in [-0.39, 0.29) is 55.7 Å². The molecule has 0 radical (unpaired) electrons. The fourth-order valence-electron chi connectivity index (χ4n) is 8.61. The Bertz CT molecular complexity index is 2030. The van der Waals surface area contributed by atoms with Crippen LogP contribution in [0.15, 0.2) is 59.0 Å².